The molecule has 0 aliphatic heterocycles. The maximum Gasteiger partial charge on any atom is 0.274 e. The molecule has 0 N–H and O–H groups in total. The SMILES string of the molecule is COCOCc1c(Br)ccc(C(C)(C)C)c1O[Si](C)C. The lowest BCUT2D eigenvalue weighted by molar-refractivity contribution is -0.0395. The van der Waals surface area contributed by atoms with Crippen LogP contribution < -0.4 is 4.43 Å². The van der Waals surface area contributed by atoms with E-state index in [0.29, 0.717) is 6.61 Å². The van der Waals surface area contributed by atoms with E-state index in [-0.39, 0.29) is 12.2 Å². The number of hydrogen-bond acceptors (Lipinski definition) is 3. The minimum Gasteiger partial charge on any atom is -0.542 e. The van der Waals surface area contributed by atoms with Crippen molar-refractivity contribution in [2.45, 2.75) is 45.9 Å². The van der Waals surface area contributed by atoms with Crippen LogP contribution in [0.25, 0.3) is 0 Å². The number of rotatable bonds is 6. The first-order chi connectivity index (χ1) is 9.27. The molecule has 0 unspecified atom stereocenters. The van der Waals surface area contributed by atoms with Gasteiger partial charge in [-0.05, 0) is 30.1 Å². The molecule has 0 aliphatic rings. The molecule has 0 atom stereocenters. The monoisotopic (exact) mass is 359 g/mol. The van der Waals surface area contributed by atoms with E-state index in [9.17, 15) is 0 Å². The summed E-state index contributed by atoms with van der Waals surface area (Å²) in [6.07, 6.45) is 0. The zero-order valence-electron chi connectivity index (χ0n) is 13.2. The predicted octanol–water partition coefficient (Wildman–Crippen LogP) is 4.50. The number of benzene rings is 1. The largest absolute Gasteiger partial charge is 0.542 e. The van der Waals surface area contributed by atoms with Gasteiger partial charge >= 0.3 is 0 Å². The summed E-state index contributed by atoms with van der Waals surface area (Å²) in [5, 5.41) is 0. The Bertz CT molecular complexity index is 441. The van der Waals surface area contributed by atoms with Gasteiger partial charge < -0.3 is 13.9 Å². The number of halogens is 1. The van der Waals surface area contributed by atoms with E-state index in [1.54, 1.807) is 7.11 Å². The molecule has 0 spiro atoms. The minimum absolute atomic E-state index is 0.0311. The molecular weight excluding hydrogens is 336 g/mol. The molecule has 0 heterocycles. The number of hydrogen-bond donors (Lipinski definition) is 0. The zero-order chi connectivity index (χ0) is 15.3. The van der Waals surface area contributed by atoms with Gasteiger partial charge in [-0.25, -0.2) is 0 Å². The Balaban J connectivity index is 3.23. The fourth-order valence-electron chi connectivity index (χ4n) is 1.88. The van der Waals surface area contributed by atoms with Crippen LogP contribution >= 0.6 is 15.9 Å². The standard InChI is InChI=1S/C15H24BrO3Si/c1-15(2,3)12-7-8-13(16)11(9-18-10-17-4)14(12)19-20(5)6/h7-8H,9-10H2,1-6H3. The average molecular weight is 360 g/mol. The van der Waals surface area contributed by atoms with E-state index in [4.69, 9.17) is 13.9 Å². The van der Waals surface area contributed by atoms with Crippen molar-refractivity contribution in [2.75, 3.05) is 13.9 Å². The van der Waals surface area contributed by atoms with E-state index in [1.165, 1.54) is 5.56 Å². The van der Waals surface area contributed by atoms with E-state index in [1.807, 2.05) is 0 Å². The molecule has 0 amide bonds. The van der Waals surface area contributed by atoms with Gasteiger partial charge in [-0.15, -0.1) is 0 Å². The van der Waals surface area contributed by atoms with Gasteiger partial charge in [0.15, 0.2) is 0 Å². The molecule has 0 bridgehead atoms. The third kappa shape index (κ3) is 4.88. The third-order valence-electron chi connectivity index (χ3n) is 2.77. The Labute approximate surface area is 132 Å². The van der Waals surface area contributed by atoms with Gasteiger partial charge in [0.2, 0.25) is 0 Å². The van der Waals surface area contributed by atoms with Crippen LogP contribution in [-0.2, 0) is 21.5 Å². The van der Waals surface area contributed by atoms with Gasteiger partial charge in [0.05, 0.1) is 6.61 Å². The van der Waals surface area contributed by atoms with E-state index < -0.39 is 9.04 Å². The maximum atomic E-state index is 6.17. The van der Waals surface area contributed by atoms with Crippen LogP contribution in [0.4, 0.5) is 0 Å². The van der Waals surface area contributed by atoms with Gasteiger partial charge in [0, 0.05) is 17.1 Å². The van der Waals surface area contributed by atoms with Crippen LogP contribution in [-0.4, -0.2) is 22.9 Å². The van der Waals surface area contributed by atoms with E-state index in [2.05, 4.69) is 61.9 Å². The quantitative estimate of drug-likeness (QED) is 0.425. The molecular formula is C15H24BrO3Si. The van der Waals surface area contributed by atoms with Crippen LogP contribution in [0.2, 0.25) is 13.1 Å². The fraction of sp³-hybridized carbons (Fsp3) is 0.600. The van der Waals surface area contributed by atoms with Crippen molar-refractivity contribution in [3.8, 4) is 5.75 Å². The molecule has 0 aliphatic carbocycles. The average Bonchev–Trinajstić information content (AvgIpc) is 2.30. The summed E-state index contributed by atoms with van der Waals surface area (Å²) in [5.74, 6) is 0.960. The number of methoxy groups -OCH3 is 1. The Morgan fingerprint density at radius 1 is 1.20 bits per heavy atom. The summed E-state index contributed by atoms with van der Waals surface area (Å²) in [4.78, 5) is 0. The van der Waals surface area contributed by atoms with Crippen molar-refractivity contribution in [2.24, 2.45) is 0 Å². The molecule has 20 heavy (non-hydrogen) atoms. The van der Waals surface area contributed by atoms with Crippen molar-refractivity contribution < 1.29 is 13.9 Å². The van der Waals surface area contributed by atoms with Crippen molar-refractivity contribution in [3.05, 3.63) is 27.7 Å². The number of ether oxygens (including phenoxy) is 2. The van der Waals surface area contributed by atoms with Gasteiger partial charge in [0.1, 0.15) is 12.5 Å². The first kappa shape index (κ1) is 17.7. The normalized spacial score (nSPS) is 12.0. The summed E-state index contributed by atoms with van der Waals surface area (Å²) in [5.41, 5.74) is 2.30. The highest BCUT2D eigenvalue weighted by atomic mass is 79.9. The smallest absolute Gasteiger partial charge is 0.274 e. The Morgan fingerprint density at radius 2 is 1.85 bits per heavy atom. The van der Waals surface area contributed by atoms with E-state index >= 15 is 0 Å². The molecule has 0 saturated carbocycles. The second kappa shape index (κ2) is 7.59. The first-order valence-electron chi connectivity index (χ1n) is 6.64. The Kier molecular flexibility index (Phi) is 6.71. The molecule has 3 nitrogen and oxygen atoms in total. The minimum atomic E-state index is -0.845. The van der Waals surface area contributed by atoms with Crippen LogP contribution in [0.15, 0.2) is 16.6 Å². The lowest BCUT2D eigenvalue weighted by Crippen LogP contribution is -2.20. The summed E-state index contributed by atoms with van der Waals surface area (Å²) < 4.78 is 17.6. The van der Waals surface area contributed by atoms with Gasteiger partial charge in [-0.1, -0.05) is 42.8 Å². The van der Waals surface area contributed by atoms with Gasteiger partial charge in [0.25, 0.3) is 9.04 Å². The highest BCUT2D eigenvalue weighted by Gasteiger charge is 2.23. The topological polar surface area (TPSA) is 27.7 Å². The molecule has 0 saturated heterocycles. The first-order valence-corrected chi connectivity index (χ1v) is 9.84. The molecule has 1 radical (unpaired) electrons. The van der Waals surface area contributed by atoms with E-state index in [0.717, 1.165) is 15.8 Å². The summed E-state index contributed by atoms with van der Waals surface area (Å²) in [6.45, 7) is 11.6. The summed E-state index contributed by atoms with van der Waals surface area (Å²) >= 11 is 3.60. The lowest BCUT2D eigenvalue weighted by atomic mass is 9.85. The summed E-state index contributed by atoms with van der Waals surface area (Å²) in [6, 6.07) is 4.20. The summed E-state index contributed by atoms with van der Waals surface area (Å²) in [7, 11) is 0.777. The van der Waals surface area contributed by atoms with Crippen molar-refractivity contribution in [1.29, 1.82) is 0 Å². The maximum absolute atomic E-state index is 6.17. The van der Waals surface area contributed by atoms with Crippen LogP contribution in [0.3, 0.4) is 0 Å². The lowest BCUT2D eigenvalue weighted by Gasteiger charge is -2.27. The molecule has 1 aromatic carbocycles. The molecule has 0 aromatic heterocycles. The highest BCUT2D eigenvalue weighted by Crippen LogP contribution is 2.38. The Morgan fingerprint density at radius 3 is 2.35 bits per heavy atom. The van der Waals surface area contributed by atoms with Crippen molar-refractivity contribution in [3.63, 3.8) is 0 Å². The fourth-order valence-corrected chi connectivity index (χ4v) is 2.94. The molecule has 0 fully saturated rings. The second-order valence-electron chi connectivity index (χ2n) is 5.92. The highest BCUT2D eigenvalue weighted by molar-refractivity contribution is 9.10. The third-order valence-corrected chi connectivity index (χ3v) is 4.12. The predicted molar refractivity (Wildman–Crippen MR) is 87.6 cm³/mol. The van der Waals surface area contributed by atoms with Gasteiger partial charge in [-0.2, -0.15) is 0 Å². The zero-order valence-corrected chi connectivity index (χ0v) is 15.8. The molecule has 1 rings (SSSR count). The van der Waals surface area contributed by atoms with Crippen LogP contribution in [0.5, 0.6) is 5.75 Å². The molecule has 5 heteroatoms. The second-order valence-corrected chi connectivity index (χ2v) is 8.79. The van der Waals surface area contributed by atoms with Gasteiger partial charge in [-0.3, -0.25) is 0 Å². The van der Waals surface area contributed by atoms with Crippen molar-refractivity contribution in [1.82, 2.24) is 0 Å². The van der Waals surface area contributed by atoms with Crippen molar-refractivity contribution >= 4 is 25.0 Å². The van der Waals surface area contributed by atoms with Crippen LogP contribution in [0, 0.1) is 0 Å². The molecule has 1 aromatic rings. The Hall–Kier alpha value is -0.363. The van der Waals surface area contributed by atoms with Crippen LogP contribution in [0.1, 0.15) is 31.9 Å². The molecule has 113 valence electrons.